The van der Waals surface area contributed by atoms with E-state index < -0.39 is 0 Å². The van der Waals surface area contributed by atoms with E-state index in [2.05, 4.69) is 22.3 Å². The Morgan fingerprint density at radius 2 is 1.89 bits per heavy atom. The van der Waals surface area contributed by atoms with Gasteiger partial charge in [0.15, 0.2) is 11.5 Å². The molecule has 6 nitrogen and oxygen atoms in total. The highest BCUT2D eigenvalue weighted by Crippen LogP contribution is 2.35. The molecule has 6 heteroatoms. The van der Waals surface area contributed by atoms with Crippen molar-refractivity contribution in [1.29, 1.82) is 0 Å². The Hall–Kier alpha value is -2.73. The van der Waals surface area contributed by atoms with E-state index in [1.165, 1.54) is 24.8 Å². The molecule has 1 atom stereocenters. The molecule has 0 aliphatic carbocycles. The van der Waals surface area contributed by atoms with E-state index in [1.54, 1.807) is 13.2 Å². The Balaban J connectivity index is 1.50. The van der Waals surface area contributed by atoms with E-state index in [4.69, 9.17) is 14.2 Å². The van der Waals surface area contributed by atoms with Crippen molar-refractivity contribution in [2.75, 3.05) is 33.5 Å². The van der Waals surface area contributed by atoms with Crippen molar-refractivity contribution >= 4 is 5.91 Å². The predicted octanol–water partition coefficient (Wildman–Crippen LogP) is 3.38. The first-order valence-electron chi connectivity index (χ1n) is 9.81. The molecule has 28 heavy (non-hydrogen) atoms. The summed E-state index contributed by atoms with van der Waals surface area (Å²) in [6, 6.07) is 13.6. The SMILES string of the molecule is COc1ccc(C(CNC(=O)c2cccc3c2OCO3)N2CCCCC2)cc1. The third kappa shape index (κ3) is 3.92. The summed E-state index contributed by atoms with van der Waals surface area (Å²) in [5.41, 5.74) is 1.70. The average Bonchev–Trinajstić information content (AvgIpc) is 3.24. The van der Waals surface area contributed by atoms with Gasteiger partial charge in [0.05, 0.1) is 18.7 Å². The minimum absolute atomic E-state index is 0.129. The second-order valence-electron chi connectivity index (χ2n) is 7.13. The van der Waals surface area contributed by atoms with Crippen molar-refractivity contribution < 1.29 is 19.0 Å². The molecule has 0 aromatic heterocycles. The Kier molecular flexibility index (Phi) is 5.67. The van der Waals surface area contributed by atoms with Crippen molar-refractivity contribution in [3.63, 3.8) is 0 Å². The molecule has 0 saturated carbocycles. The summed E-state index contributed by atoms with van der Waals surface area (Å²) in [4.78, 5) is 15.3. The molecule has 2 aromatic carbocycles. The van der Waals surface area contributed by atoms with Crippen LogP contribution >= 0.6 is 0 Å². The molecule has 1 saturated heterocycles. The van der Waals surface area contributed by atoms with Gasteiger partial charge in [0.1, 0.15) is 5.75 Å². The van der Waals surface area contributed by atoms with Crippen LogP contribution in [0.5, 0.6) is 17.2 Å². The van der Waals surface area contributed by atoms with Crippen molar-refractivity contribution in [3.8, 4) is 17.2 Å². The number of ether oxygens (including phenoxy) is 3. The Bertz CT molecular complexity index is 816. The van der Waals surface area contributed by atoms with Gasteiger partial charge in [-0.15, -0.1) is 0 Å². The van der Waals surface area contributed by atoms with Gasteiger partial charge in [0, 0.05) is 6.54 Å². The molecule has 4 rings (SSSR count). The van der Waals surface area contributed by atoms with Gasteiger partial charge in [-0.25, -0.2) is 0 Å². The first-order valence-corrected chi connectivity index (χ1v) is 9.81. The van der Waals surface area contributed by atoms with Gasteiger partial charge >= 0.3 is 0 Å². The van der Waals surface area contributed by atoms with Gasteiger partial charge in [0.25, 0.3) is 5.91 Å². The highest BCUT2D eigenvalue weighted by Gasteiger charge is 2.25. The Labute approximate surface area is 165 Å². The summed E-state index contributed by atoms with van der Waals surface area (Å²) >= 11 is 0. The van der Waals surface area contributed by atoms with Crippen LogP contribution in [0.1, 0.15) is 41.2 Å². The van der Waals surface area contributed by atoms with Crippen molar-refractivity contribution in [1.82, 2.24) is 10.2 Å². The van der Waals surface area contributed by atoms with Crippen LogP contribution in [0.15, 0.2) is 42.5 Å². The fourth-order valence-corrected chi connectivity index (χ4v) is 3.91. The summed E-state index contributed by atoms with van der Waals surface area (Å²) in [6.07, 6.45) is 3.65. The summed E-state index contributed by atoms with van der Waals surface area (Å²) in [6.45, 7) is 2.78. The second-order valence-corrected chi connectivity index (χ2v) is 7.13. The smallest absolute Gasteiger partial charge is 0.255 e. The second kappa shape index (κ2) is 8.52. The van der Waals surface area contributed by atoms with E-state index in [9.17, 15) is 4.79 Å². The predicted molar refractivity (Wildman–Crippen MR) is 106 cm³/mol. The molecular weight excluding hydrogens is 356 g/mol. The lowest BCUT2D eigenvalue weighted by molar-refractivity contribution is 0.0920. The molecule has 148 valence electrons. The van der Waals surface area contributed by atoms with E-state index in [-0.39, 0.29) is 18.7 Å². The first-order chi connectivity index (χ1) is 13.8. The number of likely N-dealkylation sites (tertiary alicyclic amines) is 1. The van der Waals surface area contributed by atoms with Crippen molar-refractivity contribution in [2.45, 2.75) is 25.3 Å². The van der Waals surface area contributed by atoms with E-state index in [0.29, 0.717) is 23.6 Å². The number of nitrogens with one attached hydrogen (secondary N) is 1. The zero-order valence-electron chi connectivity index (χ0n) is 16.1. The number of carbonyl (C=O) groups excluding carboxylic acids is 1. The summed E-state index contributed by atoms with van der Waals surface area (Å²) in [5, 5.41) is 3.11. The molecule has 1 N–H and O–H groups in total. The lowest BCUT2D eigenvalue weighted by atomic mass is 10.0. The van der Waals surface area contributed by atoms with Gasteiger partial charge in [0.2, 0.25) is 6.79 Å². The normalized spacial score (nSPS) is 17.2. The zero-order valence-corrected chi connectivity index (χ0v) is 16.1. The molecule has 0 spiro atoms. The maximum absolute atomic E-state index is 12.8. The number of nitrogens with zero attached hydrogens (tertiary/aromatic N) is 1. The summed E-state index contributed by atoms with van der Waals surface area (Å²) in [7, 11) is 1.67. The van der Waals surface area contributed by atoms with Gasteiger partial charge in [-0.2, -0.15) is 0 Å². The van der Waals surface area contributed by atoms with E-state index in [1.807, 2.05) is 24.3 Å². The number of methoxy groups -OCH3 is 1. The number of hydrogen-bond acceptors (Lipinski definition) is 5. The number of rotatable bonds is 6. The molecule has 2 heterocycles. The van der Waals surface area contributed by atoms with Crippen LogP contribution in [0, 0.1) is 0 Å². The maximum atomic E-state index is 12.8. The number of para-hydroxylation sites is 1. The van der Waals surface area contributed by atoms with Crippen LogP contribution in [0.3, 0.4) is 0 Å². The monoisotopic (exact) mass is 382 g/mol. The molecule has 2 aromatic rings. The average molecular weight is 382 g/mol. The van der Waals surface area contributed by atoms with Crippen LogP contribution in [0.2, 0.25) is 0 Å². The molecule has 2 aliphatic heterocycles. The van der Waals surface area contributed by atoms with Gasteiger partial charge in [-0.3, -0.25) is 9.69 Å². The van der Waals surface area contributed by atoms with E-state index >= 15 is 0 Å². The van der Waals surface area contributed by atoms with Gasteiger partial charge in [-0.1, -0.05) is 24.6 Å². The van der Waals surface area contributed by atoms with Crippen LogP contribution in [-0.2, 0) is 0 Å². The number of carbonyl (C=O) groups is 1. The molecular formula is C22H26N2O4. The molecule has 1 unspecified atom stereocenters. The number of fused-ring (bicyclic) bond motifs is 1. The summed E-state index contributed by atoms with van der Waals surface area (Å²) < 4.78 is 16.1. The van der Waals surface area contributed by atoms with Crippen LogP contribution in [0.4, 0.5) is 0 Å². The van der Waals surface area contributed by atoms with Crippen molar-refractivity contribution in [2.24, 2.45) is 0 Å². The standard InChI is InChI=1S/C22H26N2O4/c1-26-17-10-8-16(9-11-17)19(24-12-3-2-4-13-24)14-23-22(25)18-6-5-7-20-21(18)28-15-27-20/h5-11,19H,2-4,12-15H2,1H3,(H,23,25). The topological polar surface area (TPSA) is 60.0 Å². The number of benzene rings is 2. The highest BCUT2D eigenvalue weighted by atomic mass is 16.7. The van der Waals surface area contributed by atoms with Gasteiger partial charge < -0.3 is 19.5 Å². The van der Waals surface area contributed by atoms with Crippen LogP contribution < -0.4 is 19.5 Å². The Morgan fingerprint density at radius 3 is 2.64 bits per heavy atom. The fourth-order valence-electron chi connectivity index (χ4n) is 3.91. The maximum Gasteiger partial charge on any atom is 0.255 e. The molecule has 2 aliphatic rings. The zero-order chi connectivity index (χ0) is 19.3. The lowest BCUT2D eigenvalue weighted by Gasteiger charge is -2.35. The minimum atomic E-state index is -0.141. The number of piperidine rings is 1. The lowest BCUT2D eigenvalue weighted by Crippen LogP contribution is -2.40. The largest absolute Gasteiger partial charge is 0.497 e. The molecule has 1 amide bonds. The molecule has 1 fully saturated rings. The minimum Gasteiger partial charge on any atom is -0.497 e. The quantitative estimate of drug-likeness (QED) is 0.830. The Morgan fingerprint density at radius 1 is 1.11 bits per heavy atom. The first kappa shape index (κ1) is 18.6. The highest BCUT2D eigenvalue weighted by molar-refractivity contribution is 5.98. The fraction of sp³-hybridized carbons (Fsp3) is 0.409. The number of hydrogen-bond donors (Lipinski definition) is 1. The van der Waals surface area contributed by atoms with Gasteiger partial charge in [-0.05, 0) is 55.8 Å². The van der Waals surface area contributed by atoms with E-state index in [0.717, 1.165) is 18.8 Å². The van der Waals surface area contributed by atoms with Crippen LogP contribution in [0.25, 0.3) is 0 Å². The molecule has 0 radical (unpaired) electrons. The van der Waals surface area contributed by atoms with Crippen LogP contribution in [-0.4, -0.2) is 44.3 Å². The summed E-state index contributed by atoms with van der Waals surface area (Å²) in [5.74, 6) is 1.84. The van der Waals surface area contributed by atoms with Crippen molar-refractivity contribution in [3.05, 3.63) is 53.6 Å². The third-order valence-corrected chi connectivity index (χ3v) is 5.43. The third-order valence-electron chi connectivity index (χ3n) is 5.43. The molecule has 0 bridgehead atoms. The number of amides is 1.